The van der Waals surface area contributed by atoms with Gasteiger partial charge < -0.3 is 25.4 Å². The molecule has 0 spiro atoms. The average Bonchev–Trinajstić information content (AvgIpc) is 3.10. The number of nitrogens with zero attached hydrogens (tertiary/aromatic N) is 1. The van der Waals surface area contributed by atoms with E-state index in [1.807, 2.05) is 12.1 Å². The molecule has 2 aliphatic rings. The van der Waals surface area contributed by atoms with Gasteiger partial charge in [-0.2, -0.15) is 0 Å². The summed E-state index contributed by atoms with van der Waals surface area (Å²) in [5, 5.41) is 3.48. The smallest absolute Gasteiger partial charge is 0.231 e. The van der Waals surface area contributed by atoms with Crippen LogP contribution in [0.3, 0.4) is 0 Å². The zero-order valence-corrected chi connectivity index (χ0v) is 15.3. The highest BCUT2D eigenvalue weighted by molar-refractivity contribution is 5.48. The summed E-state index contributed by atoms with van der Waals surface area (Å²) >= 11 is 0. The van der Waals surface area contributed by atoms with Crippen molar-refractivity contribution in [1.29, 1.82) is 0 Å². The molecule has 0 aliphatic carbocycles. The summed E-state index contributed by atoms with van der Waals surface area (Å²) in [5.41, 5.74) is 8.64. The molecular weight excluding hydrogens is 314 g/mol. The largest absolute Gasteiger partial charge is 0.454 e. The van der Waals surface area contributed by atoms with E-state index in [4.69, 9.17) is 15.2 Å². The predicted molar refractivity (Wildman–Crippen MR) is 100 cm³/mol. The van der Waals surface area contributed by atoms with Gasteiger partial charge in [-0.05, 0) is 43.4 Å². The van der Waals surface area contributed by atoms with Crippen LogP contribution in [-0.4, -0.2) is 31.3 Å². The van der Waals surface area contributed by atoms with Gasteiger partial charge in [0.1, 0.15) is 0 Å². The van der Waals surface area contributed by atoms with Crippen molar-refractivity contribution in [2.75, 3.05) is 26.4 Å². The Morgan fingerprint density at radius 3 is 3.08 bits per heavy atom. The number of allylic oxidation sites excluding steroid dienone is 1. The lowest BCUT2D eigenvalue weighted by molar-refractivity contribution is 0.173. The minimum Gasteiger partial charge on any atom is -0.454 e. The Morgan fingerprint density at radius 1 is 1.40 bits per heavy atom. The highest BCUT2D eigenvalue weighted by Gasteiger charge is 2.18. The fourth-order valence-electron chi connectivity index (χ4n) is 3.41. The Kier molecular flexibility index (Phi) is 5.87. The summed E-state index contributed by atoms with van der Waals surface area (Å²) in [6.45, 7) is 8.27. The maximum Gasteiger partial charge on any atom is 0.231 e. The van der Waals surface area contributed by atoms with E-state index in [1.165, 1.54) is 18.4 Å². The Bertz CT molecular complexity index is 654. The molecule has 3 N–H and O–H groups in total. The number of likely N-dealkylation sites (tertiary alicyclic amines) is 1. The number of rotatable bonds is 6. The lowest BCUT2D eigenvalue weighted by Crippen LogP contribution is -2.36. The van der Waals surface area contributed by atoms with E-state index in [2.05, 4.69) is 42.3 Å². The van der Waals surface area contributed by atoms with Crippen molar-refractivity contribution >= 4 is 0 Å². The molecule has 0 amide bonds. The van der Waals surface area contributed by atoms with Gasteiger partial charge in [-0.3, -0.25) is 0 Å². The normalized spacial score (nSPS) is 20.9. The first kappa shape index (κ1) is 17.7. The van der Waals surface area contributed by atoms with Gasteiger partial charge in [0.25, 0.3) is 0 Å². The molecule has 2 aliphatic heterocycles. The third-order valence-corrected chi connectivity index (χ3v) is 4.85. The van der Waals surface area contributed by atoms with E-state index in [-0.39, 0.29) is 0 Å². The van der Waals surface area contributed by atoms with Crippen molar-refractivity contribution in [3.63, 3.8) is 0 Å². The van der Waals surface area contributed by atoms with E-state index in [0.717, 1.165) is 55.0 Å². The van der Waals surface area contributed by atoms with E-state index in [1.54, 1.807) is 0 Å². The van der Waals surface area contributed by atoms with Gasteiger partial charge in [0, 0.05) is 31.7 Å². The second-order valence-electron chi connectivity index (χ2n) is 6.88. The van der Waals surface area contributed by atoms with Gasteiger partial charge in [-0.15, -0.1) is 0 Å². The summed E-state index contributed by atoms with van der Waals surface area (Å²) in [6.07, 6.45) is 6.73. The summed E-state index contributed by atoms with van der Waals surface area (Å²) in [7, 11) is 0. The highest BCUT2D eigenvalue weighted by atomic mass is 16.7. The van der Waals surface area contributed by atoms with Crippen molar-refractivity contribution in [2.24, 2.45) is 11.7 Å². The first-order chi connectivity index (χ1) is 12.2. The number of nitrogens with two attached hydrogens (primary N) is 1. The number of hydrogen-bond acceptors (Lipinski definition) is 5. The third kappa shape index (κ3) is 4.48. The van der Waals surface area contributed by atoms with Crippen LogP contribution in [0.2, 0.25) is 0 Å². The van der Waals surface area contributed by atoms with Gasteiger partial charge in [0.05, 0.1) is 5.82 Å². The molecule has 1 unspecified atom stereocenters. The third-order valence-electron chi connectivity index (χ3n) is 4.85. The number of fused-ring (bicyclic) bond motifs is 1. The SMILES string of the molecule is C/C=C(\C=C(/N)N1CCCC(C)C1)CNCc1cccc2c1OCO2. The standard InChI is InChI=1S/C20H29N3O2/c1-3-16(10-19(21)23-9-5-6-15(2)13-23)11-22-12-17-7-4-8-18-20(17)25-14-24-18/h3-4,7-8,10,15,22H,5-6,9,11-14,21H2,1-2H3/b16-3+,19-10+. The summed E-state index contributed by atoms with van der Waals surface area (Å²) < 4.78 is 11.0. The van der Waals surface area contributed by atoms with Gasteiger partial charge >= 0.3 is 0 Å². The van der Waals surface area contributed by atoms with E-state index in [9.17, 15) is 0 Å². The fraction of sp³-hybridized carbons (Fsp3) is 0.500. The lowest BCUT2D eigenvalue weighted by Gasteiger charge is -2.32. The number of benzene rings is 1. The molecule has 1 saturated heterocycles. The second-order valence-corrected chi connectivity index (χ2v) is 6.88. The Balaban J connectivity index is 1.54. The maximum absolute atomic E-state index is 6.33. The van der Waals surface area contributed by atoms with Gasteiger partial charge in [-0.25, -0.2) is 0 Å². The van der Waals surface area contributed by atoms with E-state index < -0.39 is 0 Å². The average molecular weight is 343 g/mol. The molecule has 1 atom stereocenters. The van der Waals surface area contributed by atoms with Gasteiger partial charge in [0.15, 0.2) is 11.5 Å². The molecule has 0 saturated carbocycles. The Hall–Kier alpha value is -2.14. The zero-order valence-electron chi connectivity index (χ0n) is 15.3. The second kappa shape index (κ2) is 8.30. The maximum atomic E-state index is 6.33. The summed E-state index contributed by atoms with van der Waals surface area (Å²) in [5.74, 6) is 3.28. The number of para-hydroxylation sites is 1. The van der Waals surface area contributed by atoms with Crippen molar-refractivity contribution in [3.8, 4) is 11.5 Å². The van der Waals surface area contributed by atoms with Crippen LogP contribution in [0.25, 0.3) is 0 Å². The van der Waals surface area contributed by atoms with Crippen LogP contribution in [0, 0.1) is 5.92 Å². The molecule has 1 aromatic rings. The number of hydrogen-bond donors (Lipinski definition) is 2. The molecule has 1 fully saturated rings. The molecule has 5 nitrogen and oxygen atoms in total. The monoisotopic (exact) mass is 343 g/mol. The molecule has 136 valence electrons. The number of ether oxygens (including phenoxy) is 2. The summed E-state index contributed by atoms with van der Waals surface area (Å²) in [6, 6.07) is 6.00. The molecule has 0 bridgehead atoms. The van der Waals surface area contributed by atoms with Crippen molar-refractivity contribution in [1.82, 2.24) is 10.2 Å². The lowest BCUT2D eigenvalue weighted by atomic mass is 10.0. The zero-order chi connectivity index (χ0) is 17.6. The van der Waals surface area contributed by atoms with Crippen LogP contribution in [-0.2, 0) is 6.54 Å². The fourth-order valence-corrected chi connectivity index (χ4v) is 3.41. The quantitative estimate of drug-likeness (QED) is 0.778. The molecule has 0 radical (unpaired) electrons. The minimum absolute atomic E-state index is 0.306. The van der Waals surface area contributed by atoms with Crippen LogP contribution in [0.5, 0.6) is 11.5 Å². The van der Waals surface area contributed by atoms with E-state index in [0.29, 0.717) is 6.79 Å². The molecular formula is C20H29N3O2. The van der Waals surface area contributed by atoms with Crippen LogP contribution >= 0.6 is 0 Å². The first-order valence-electron chi connectivity index (χ1n) is 9.13. The molecule has 2 heterocycles. The number of piperidine rings is 1. The molecule has 1 aromatic carbocycles. The van der Waals surface area contributed by atoms with Gasteiger partial charge in [0.2, 0.25) is 6.79 Å². The highest BCUT2D eigenvalue weighted by Crippen LogP contribution is 2.35. The molecule has 25 heavy (non-hydrogen) atoms. The molecule has 5 heteroatoms. The van der Waals surface area contributed by atoms with Crippen molar-refractivity contribution < 1.29 is 9.47 Å². The minimum atomic E-state index is 0.306. The predicted octanol–water partition coefficient (Wildman–Crippen LogP) is 2.98. The summed E-state index contributed by atoms with van der Waals surface area (Å²) in [4.78, 5) is 2.30. The first-order valence-corrected chi connectivity index (χ1v) is 9.13. The van der Waals surface area contributed by atoms with E-state index >= 15 is 0 Å². The van der Waals surface area contributed by atoms with Crippen LogP contribution in [0.1, 0.15) is 32.3 Å². The molecule has 3 rings (SSSR count). The molecule has 0 aromatic heterocycles. The van der Waals surface area contributed by atoms with Crippen LogP contribution in [0.4, 0.5) is 0 Å². The van der Waals surface area contributed by atoms with Crippen LogP contribution < -0.4 is 20.5 Å². The van der Waals surface area contributed by atoms with Crippen LogP contribution in [0.15, 0.2) is 41.7 Å². The number of nitrogens with one attached hydrogen (secondary N) is 1. The van der Waals surface area contributed by atoms with Gasteiger partial charge in [-0.1, -0.05) is 25.1 Å². The Labute approximate surface area is 150 Å². The van der Waals surface area contributed by atoms with Crippen molar-refractivity contribution in [3.05, 3.63) is 47.3 Å². The Morgan fingerprint density at radius 2 is 2.28 bits per heavy atom. The topological polar surface area (TPSA) is 59.8 Å². The van der Waals surface area contributed by atoms with Crippen molar-refractivity contribution in [2.45, 2.75) is 33.2 Å².